The summed E-state index contributed by atoms with van der Waals surface area (Å²) in [6, 6.07) is 4.44. The molecule has 0 bridgehead atoms. The van der Waals surface area contributed by atoms with Gasteiger partial charge in [0, 0.05) is 18.7 Å². The van der Waals surface area contributed by atoms with E-state index in [0.717, 1.165) is 0 Å². The number of alkyl halides is 5. The molecule has 0 amide bonds. The Bertz CT molecular complexity index is 641. The molecule has 6 nitrogen and oxygen atoms in total. The SMILES string of the molecule is CCNC(=NCc1cc(OC)ccc1OC(F)F)NCCCN(C)CC(F)(F)F. The fourth-order valence-corrected chi connectivity index (χ4v) is 2.46. The molecular weight excluding hydrogens is 399 g/mol. The van der Waals surface area contributed by atoms with E-state index in [0.29, 0.717) is 36.8 Å². The monoisotopic (exact) mass is 426 g/mol. The van der Waals surface area contributed by atoms with Crippen LogP contribution < -0.4 is 20.1 Å². The number of nitrogens with one attached hydrogen (secondary N) is 2. The van der Waals surface area contributed by atoms with Gasteiger partial charge in [0.2, 0.25) is 0 Å². The number of hydrogen-bond acceptors (Lipinski definition) is 4. The van der Waals surface area contributed by atoms with E-state index < -0.39 is 19.3 Å². The summed E-state index contributed by atoms with van der Waals surface area (Å²) < 4.78 is 71.7. The lowest BCUT2D eigenvalue weighted by Crippen LogP contribution is -2.39. The summed E-state index contributed by atoms with van der Waals surface area (Å²) in [5.74, 6) is 0.883. The van der Waals surface area contributed by atoms with E-state index in [2.05, 4.69) is 20.4 Å². The van der Waals surface area contributed by atoms with Crippen LogP contribution in [0.5, 0.6) is 11.5 Å². The summed E-state index contributed by atoms with van der Waals surface area (Å²) >= 11 is 0. The van der Waals surface area contributed by atoms with Crippen molar-refractivity contribution < 1.29 is 31.4 Å². The smallest absolute Gasteiger partial charge is 0.401 e. The maximum atomic E-state index is 12.6. The summed E-state index contributed by atoms with van der Waals surface area (Å²) in [5.41, 5.74) is 0.409. The van der Waals surface area contributed by atoms with Gasteiger partial charge in [0.05, 0.1) is 20.2 Å². The van der Waals surface area contributed by atoms with Crippen LogP contribution in [0.25, 0.3) is 0 Å². The first-order chi connectivity index (χ1) is 13.6. The van der Waals surface area contributed by atoms with E-state index in [4.69, 9.17) is 4.74 Å². The lowest BCUT2D eigenvalue weighted by molar-refractivity contribution is -0.143. The molecule has 0 fully saturated rings. The highest BCUT2D eigenvalue weighted by atomic mass is 19.4. The topological polar surface area (TPSA) is 58.1 Å². The van der Waals surface area contributed by atoms with Gasteiger partial charge in [-0.15, -0.1) is 0 Å². The molecule has 0 aliphatic rings. The first-order valence-corrected chi connectivity index (χ1v) is 9.03. The van der Waals surface area contributed by atoms with Gasteiger partial charge in [-0.2, -0.15) is 22.0 Å². The highest BCUT2D eigenvalue weighted by molar-refractivity contribution is 5.79. The molecule has 0 heterocycles. The molecule has 2 N–H and O–H groups in total. The molecule has 0 atom stereocenters. The highest BCUT2D eigenvalue weighted by Crippen LogP contribution is 2.26. The number of nitrogens with zero attached hydrogens (tertiary/aromatic N) is 2. The predicted octanol–water partition coefficient (Wildman–Crippen LogP) is 3.24. The van der Waals surface area contributed by atoms with E-state index in [1.807, 2.05) is 6.92 Å². The molecule has 166 valence electrons. The van der Waals surface area contributed by atoms with Crippen LogP contribution in [0.3, 0.4) is 0 Å². The fourth-order valence-electron chi connectivity index (χ4n) is 2.46. The Kier molecular flexibility index (Phi) is 10.5. The minimum absolute atomic E-state index is 0.00539. The van der Waals surface area contributed by atoms with E-state index in [1.165, 1.54) is 31.2 Å². The third kappa shape index (κ3) is 10.7. The van der Waals surface area contributed by atoms with Gasteiger partial charge in [-0.1, -0.05) is 0 Å². The molecule has 0 saturated heterocycles. The van der Waals surface area contributed by atoms with Gasteiger partial charge in [0.15, 0.2) is 5.96 Å². The Labute approximate surface area is 167 Å². The van der Waals surface area contributed by atoms with E-state index >= 15 is 0 Å². The molecule has 0 aliphatic carbocycles. The second-order valence-electron chi connectivity index (χ2n) is 6.18. The van der Waals surface area contributed by atoms with Gasteiger partial charge in [-0.25, -0.2) is 4.99 Å². The third-order valence-electron chi connectivity index (χ3n) is 3.69. The van der Waals surface area contributed by atoms with Crippen molar-refractivity contribution in [3.63, 3.8) is 0 Å². The summed E-state index contributed by atoms with van der Waals surface area (Å²) in [6.07, 6.45) is -3.76. The second-order valence-corrected chi connectivity index (χ2v) is 6.18. The molecule has 0 radical (unpaired) electrons. The molecule has 0 aromatic heterocycles. The van der Waals surface area contributed by atoms with Crippen molar-refractivity contribution in [1.29, 1.82) is 0 Å². The predicted molar refractivity (Wildman–Crippen MR) is 101 cm³/mol. The number of benzene rings is 1. The van der Waals surface area contributed by atoms with E-state index in [-0.39, 0.29) is 18.8 Å². The number of halogens is 5. The summed E-state index contributed by atoms with van der Waals surface area (Å²) in [7, 11) is 2.86. The number of hydrogen-bond donors (Lipinski definition) is 2. The van der Waals surface area contributed by atoms with Crippen molar-refractivity contribution in [2.75, 3.05) is 40.3 Å². The Balaban J connectivity index is 2.67. The second kappa shape index (κ2) is 12.3. The van der Waals surface area contributed by atoms with E-state index in [1.54, 1.807) is 6.07 Å². The van der Waals surface area contributed by atoms with Crippen molar-refractivity contribution >= 4 is 5.96 Å². The van der Waals surface area contributed by atoms with Crippen molar-refractivity contribution in [1.82, 2.24) is 15.5 Å². The minimum atomic E-state index is -4.23. The highest BCUT2D eigenvalue weighted by Gasteiger charge is 2.28. The lowest BCUT2D eigenvalue weighted by atomic mass is 10.2. The largest absolute Gasteiger partial charge is 0.497 e. The number of ether oxygens (including phenoxy) is 2. The average Bonchev–Trinajstić information content (AvgIpc) is 2.62. The Morgan fingerprint density at radius 2 is 1.97 bits per heavy atom. The van der Waals surface area contributed by atoms with Crippen molar-refractivity contribution in [3.8, 4) is 11.5 Å². The molecular formula is C18H27F5N4O2. The van der Waals surface area contributed by atoms with Crippen LogP contribution in [0.15, 0.2) is 23.2 Å². The average molecular weight is 426 g/mol. The normalized spacial score (nSPS) is 12.4. The minimum Gasteiger partial charge on any atom is -0.497 e. The standard InChI is InChI=1S/C18H27F5N4O2/c1-4-24-17(25-8-5-9-27(2)12-18(21,22)23)26-11-13-10-14(28-3)6-7-15(13)29-16(19)20/h6-7,10,16H,4-5,8-9,11-12H2,1-3H3,(H2,24,25,26). The van der Waals surface area contributed by atoms with Gasteiger partial charge in [0.25, 0.3) is 0 Å². The van der Waals surface area contributed by atoms with Crippen LogP contribution in [-0.2, 0) is 6.54 Å². The third-order valence-corrected chi connectivity index (χ3v) is 3.69. The zero-order valence-corrected chi connectivity index (χ0v) is 16.7. The molecule has 0 spiro atoms. The van der Waals surface area contributed by atoms with Crippen molar-refractivity contribution in [2.45, 2.75) is 32.7 Å². The van der Waals surface area contributed by atoms with Crippen LogP contribution in [0.4, 0.5) is 22.0 Å². The number of aliphatic imine (C=N–C) groups is 1. The number of guanidine groups is 1. The molecule has 1 rings (SSSR count). The van der Waals surface area contributed by atoms with Crippen molar-refractivity contribution in [2.24, 2.45) is 4.99 Å². The summed E-state index contributed by atoms with van der Waals surface area (Å²) in [5, 5.41) is 6.00. The summed E-state index contributed by atoms with van der Waals surface area (Å²) in [4.78, 5) is 5.51. The maximum Gasteiger partial charge on any atom is 0.401 e. The number of rotatable bonds is 11. The van der Waals surface area contributed by atoms with Gasteiger partial charge < -0.3 is 20.1 Å². The maximum absolute atomic E-state index is 12.6. The van der Waals surface area contributed by atoms with Crippen LogP contribution in [-0.4, -0.2) is 64.0 Å². The van der Waals surface area contributed by atoms with Crippen LogP contribution in [0.2, 0.25) is 0 Å². The van der Waals surface area contributed by atoms with Crippen LogP contribution in [0.1, 0.15) is 18.9 Å². The molecule has 1 aromatic carbocycles. The first kappa shape index (κ1) is 24.7. The molecule has 0 unspecified atom stereocenters. The summed E-state index contributed by atoms with van der Waals surface area (Å²) in [6.45, 7) is -0.831. The van der Waals surface area contributed by atoms with Gasteiger partial charge in [-0.3, -0.25) is 4.90 Å². The van der Waals surface area contributed by atoms with Gasteiger partial charge in [0.1, 0.15) is 11.5 Å². The number of methoxy groups -OCH3 is 1. The zero-order valence-electron chi connectivity index (χ0n) is 16.7. The Hall–Kier alpha value is -2.30. The molecule has 0 saturated carbocycles. The lowest BCUT2D eigenvalue weighted by Gasteiger charge is -2.19. The molecule has 0 aliphatic heterocycles. The van der Waals surface area contributed by atoms with Gasteiger partial charge >= 0.3 is 12.8 Å². The Morgan fingerprint density at radius 1 is 1.24 bits per heavy atom. The first-order valence-electron chi connectivity index (χ1n) is 9.03. The van der Waals surface area contributed by atoms with Gasteiger partial charge in [-0.05, 0) is 45.1 Å². The Morgan fingerprint density at radius 3 is 2.55 bits per heavy atom. The molecule has 29 heavy (non-hydrogen) atoms. The molecule has 11 heteroatoms. The fraction of sp³-hybridized carbons (Fsp3) is 0.611. The van der Waals surface area contributed by atoms with Crippen LogP contribution >= 0.6 is 0 Å². The zero-order chi connectivity index (χ0) is 21.9. The quantitative estimate of drug-likeness (QED) is 0.246. The molecule has 1 aromatic rings. The van der Waals surface area contributed by atoms with Crippen molar-refractivity contribution in [3.05, 3.63) is 23.8 Å². The van der Waals surface area contributed by atoms with Crippen LogP contribution in [0, 0.1) is 0 Å². The van der Waals surface area contributed by atoms with E-state index in [9.17, 15) is 22.0 Å².